The molecule has 0 aliphatic carbocycles. The van der Waals surface area contributed by atoms with Crippen LogP contribution in [0.15, 0.2) is 24.3 Å². The fraction of sp³-hybridized carbons (Fsp3) is 0.625. The lowest BCUT2D eigenvalue weighted by molar-refractivity contribution is 0.0682. The van der Waals surface area contributed by atoms with Gasteiger partial charge < -0.3 is 10.2 Å². The summed E-state index contributed by atoms with van der Waals surface area (Å²) in [5, 5.41) is 3.98. The molecule has 102 valence electrons. The molecule has 2 unspecified atom stereocenters. The van der Waals surface area contributed by atoms with Crippen LogP contribution in [0.3, 0.4) is 0 Å². The molecule has 4 heterocycles. The zero-order valence-electron chi connectivity index (χ0n) is 11.3. The summed E-state index contributed by atoms with van der Waals surface area (Å²) in [6.07, 6.45) is 2.80. The third kappa shape index (κ3) is 2.32. The molecule has 0 amide bonds. The van der Waals surface area contributed by atoms with E-state index in [9.17, 15) is 0 Å². The highest BCUT2D eigenvalue weighted by Gasteiger charge is 2.35. The summed E-state index contributed by atoms with van der Waals surface area (Å²) in [5.41, 5.74) is 3.09. The zero-order chi connectivity index (χ0) is 12.7. The highest BCUT2D eigenvalue weighted by molar-refractivity contribution is 7.98. The van der Waals surface area contributed by atoms with Gasteiger partial charge in [-0.3, -0.25) is 0 Å². The van der Waals surface area contributed by atoms with Gasteiger partial charge in [-0.05, 0) is 43.0 Å². The van der Waals surface area contributed by atoms with Gasteiger partial charge in [-0.25, -0.2) is 0 Å². The Labute approximate surface area is 119 Å². The standard InChI is InChI=1S/C16H22N2S/c1-2-4-14-13(3-1)10-19-11-16(14)17-15-9-18-7-5-12(15)6-8-18/h1-4,12,15-17H,5-11H2. The first-order valence-corrected chi connectivity index (χ1v) is 8.69. The van der Waals surface area contributed by atoms with Crippen molar-refractivity contribution in [3.8, 4) is 0 Å². The van der Waals surface area contributed by atoms with Crippen LogP contribution < -0.4 is 5.32 Å². The molecule has 4 aliphatic rings. The van der Waals surface area contributed by atoms with Gasteiger partial charge in [0.2, 0.25) is 0 Å². The summed E-state index contributed by atoms with van der Waals surface area (Å²) in [4.78, 5) is 2.64. The summed E-state index contributed by atoms with van der Waals surface area (Å²) in [7, 11) is 0. The number of hydrogen-bond donors (Lipinski definition) is 1. The van der Waals surface area contributed by atoms with Crippen molar-refractivity contribution in [2.75, 3.05) is 25.4 Å². The van der Waals surface area contributed by atoms with E-state index in [-0.39, 0.29) is 0 Å². The average Bonchev–Trinajstić information content (AvgIpc) is 2.49. The van der Waals surface area contributed by atoms with Crippen molar-refractivity contribution in [3.63, 3.8) is 0 Å². The molecule has 19 heavy (non-hydrogen) atoms. The minimum Gasteiger partial charge on any atom is -0.305 e. The number of rotatable bonds is 2. The van der Waals surface area contributed by atoms with Crippen LogP contribution in [0.4, 0.5) is 0 Å². The normalized spacial score (nSPS) is 37.1. The Bertz CT molecular complexity index is 454. The second-order valence-corrected chi connectivity index (χ2v) is 7.21. The second kappa shape index (κ2) is 5.12. The van der Waals surface area contributed by atoms with Gasteiger partial charge in [0.15, 0.2) is 0 Å². The number of hydrogen-bond acceptors (Lipinski definition) is 3. The molecule has 2 nitrogen and oxygen atoms in total. The van der Waals surface area contributed by atoms with Gasteiger partial charge in [0.25, 0.3) is 0 Å². The summed E-state index contributed by atoms with van der Waals surface area (Å²) in [6, 6.07) is 10.3. The Balaban J connectivity index is 1.52. The van der Waals surface area contributed by atoms with Crippen LogP contribution >= 0.6 is 11.8 Å². The van der Waals surface area contributed by atoms with Crippen molar-refractivity contribution in [1.29, 1.82) is 0 Å². The van der Waals surface area contributed by atoms with Crippen molar-refractivity contribution in [3.05, 3.63) is 35.4 Å². The molecule has 3 fully saturated rings. The maximum Gasteiger partial charge on any atom is 0.0417 e. The minimum atomic E-state index is 0.570. The van der Waals surface area contributed by atoms with E-state index in [2.05, 4.69) is 46.2 Å². The molecule has 1 aromatic rings. The van der Waals surface area contributed by atoms with E-state index in [0.29, 0.717) is 6.04 Å². The van der Waals surface area contributed by atoms with Crippen LogP contribution in [0.25, 0.3) is 0 Å². The molecule has 0 radical (unpaired) electrons. The van der Waals surface area contributed by atoms with Crippen molar-refractivity contribution >= 4 is 11.8 Å². The van der Waals surface area contributed by atoms with Crippen LogP contribution in [0.5, 0.6) is 0 Å². The number of fused-ring (bicyclic) bond motifs is 4. The number of benzene rings is 1. The maximum absolute atomic E-state index is 3.98. The van der Waals surface area contributed by atoms with Gasteiger partial charge in [0.05, 0.1) is 0 Å². The predicted molar refractivity (Wildman–Crippen MR) is 81.4 cm³/mol. The lowest BCUT2D eigenvalue weighted by Crippen LogP contribution is -2.57. The first kappa shape index (κ1) is 12.2. The van der Waals surface area contributed by atoms with Crippen LogP contribution in [0, 0.1) is 5.92 Å². The number of nitrogens with one attached hydrogen (secondary N) is 1. The number of piperidine rings is 3. The number of nitrogens with zero attached hydrogens (tertiary/aromatic N) is 1. The molecule has 0 aromatic heterocycles. The third-order valence-corrected chi connectivity index (χ3v) is 6.13. The van der Waals surface area contributed by atoms with Gasteiger partial charge in [0, 0.05) is 30.1 Å². The molecule has 4 aliphatic heterocycles. The predicted octanol–water partition coefficient (Wildman–Crippen LogP) is 2.66. The van der Waals surface area contributed by atoms with Crippen LogP contribution in [0.1, 0.15) is 30.0 Å². The lowest BCUT2D eigenvalue weighted by atomic mass is 9.83. The van der Waals surface area contributed by atoms with Gasteiger partial charge in [-0.15, -0.1) is 0 Å². The first-order valence-electron chi connectivity index (χ1n) is 7.54. The Morgan fingerprint density at radius 2 is 2.00 bits per heavy atom. The molecule has 1 N–H and O–H groups in total. The van der Waals surface area contributed by atoms with Gasteiger partial charge in [-0.2, -0.15) is 11.8 Å². The summed E-state index contributed by atoms with van der Waals surface area (Å²) in [6.45, 7) is 3.94. The Hall–Kier alpha value is -0.510. The second-order valence-electron chi connectivity index (χ2n) is 6.18. The highest BCUT2D eigenvalue weighted by Crippen LogP contribution is 2.34. The maximum atomic E-state index is 3.98. The van der Waals surface area contributed by atoms with E-state index in [1.807, 2.05) is 0 Å². The Kier molecular flexibility index (Phi) is 3.30. The zero-order valence-corrected chi connectivity index (χ0v) is 12.2. The summed E-state index contributed by atoms with van der Waals surface area (Å²) >= 11 is 2.08. The van der Waals surface area contributed by atoms with Gasteiger partial charge >= 0.3 is 0 Å². The van der Waals surface area contributed by atoms with Crippen LogP contribution in [-0.4, -0.2) is 36.3 Å². The lowest BCUT2D eigenvalue weighted by Gasteiger charge is -2.46. The van der Waals surface area contributed by atoms with Crippen molar-refractivity contribution < 1.29 is 0 Å². The van der Waals surface area contributed by atoms with E-state index < -0.39 is 0 Å². The Morgan fingerprint density at radius 1 is 1.16 bits per heavy atom. The van der Waals surface area contributed by atoms with Gasteiger partial charge in [0.1, 0.15) is 0 Å². The van der Waals surface area contributed by atoms with E-state index in [0.717, 1.165) is 12.0 Å². The minimum absolute atomic E-state index is 0.570. The monoisotopic (exact) mass is 274 g/mol. The summed E-state index contributed by atoms with van der Waals surface area (Å²) < 4.78 is 0. The fourth-order valence-corrected chi connectivity index (χ4v) is 5.04. The molecule has 2 atom stereocenters. The molecule has 3 saturated heterocycles. The van der Waals surface area contributed by atoms with E-state index >= 15 is 0 Å². The molecule has 2 bridgehead atoms. The molecular formula is C16H22N2S. The van der Waals surface area contributed by atoms with Crippen molar-refractivity contribution in [1.82, 2.24) is 10.2 Å². The Morgan fingerprint density at radius 3 is 2.79 bits per heavy atom. The van der Waals surface area contributed by atoms with Crippen molar-refractivity contribution in [2.24, 2.45) is 5.92 Å². The molecular weight excluding hydrogens is 252 g/mol. The largest absolute Gasteiger partial charge is 0.305 e. The molecule has 5 rings (SSSR count). The molecule has 1 aromatic carbocycles. The average molecular weight is 274 g/mol. The fourth-order valence-electron chi connectivity index (χ4n) is 3.93. The highest BCUT2D eigenvalue weighted by atomic mass is 32.2. The van der Waals surface area contributed by atoms with E-state index in [1.165, 1.54) is 49.5 Å². The molecule has 0 spiro atoms. The van der Waals surface area contributed by atoms with Crippen LogP contribution in [0.2, 0.25) is 0 Å². The third-order valence-electron chi connectivity index (χ3n) is 5.04. The van der Waals surface area contributed by atoms with E-state index in [1.54, 1.807) is 5.56 Å². The van der Waals surface area contributed by atoms with E-state index in [4.69, 9.17) is 0 Å². The molecule has 0 saturated carbocycles. The van der Waals surface area contributed by atoms with Crippen molar-refractivity contribution in [2.45, 2.75) is 30.7 Å². The molecule has 3 heteroatoms. The summed E-state index contributed by atoms with van der Waals surface area (Å²) in [5.74, 6) is 3.35. The smallest absolute Gasteiger partial charge is 0.0417 e. The first-order chi connectivity index (χ1) is 9.40. The quantitative estimate of drug-likeness (QED) is 0.892. The topological polar surface area (TPSA) is 15.3 Å². The SMILES string of the molecule is c1ccc2c(c1)CSCC2NC1CN2CCC1CC2. The van der Waals surface area contributed by atoms with Crippen LogP contribution in [-0.2, 0) is 5.75 Å². The number of thioether (sulfide) groups is 1. The van der Waals surface area contributed by atoms with Gasteiger partial charge in [-0.1, -0.05) is 24.3 Å².